The molecule has 2 nitrogen and oxygen atoms in total. The van der Waals surface area contributed by atoms with E-state index in [1.807, 2.05) is 5.38 Å². The zero-order chi connectivity index (χ0) is 9.47. The number of hydrogen-bond donors (Lipinski definition) is 0. The summed E-state index contributed by atoms with van der Waals surface area (Å²) in [5.41, 5.74) is -0.703. The summed E-state index contributed by atoms with van der Waals surface area (Å²) < 4.78 is 12.8. The Hall–Kier alpha value is -0.770. The predicted octanol–water partition coefficient (Wildman–Crippen LogP) is 2.00. The van der Waals surface area contributed by atoms with Gasteiger partial charge in [-0.2, -0.15) is 0 Å². The number of aromatic nitrogens is 1. The molecule has 0 aromatic carbocycles. The van der Waals surface area contributed by atoms with Gasteiger partial charge in [-0.05, 0) is 13.3 Å². The topological polar surface area (TPSA) is 30.0 Å². The van der Waals surface area contributed by atoms with Crippen LogP contribution < -0.4 is 0 Å². The number of carbonyl (C=O) groups excluding carboxylic acids is 1. The van der Waals surface area contributed by atoms with Gasteiger partial charge in [0.2, 0.25) is 0 Å². The van der Waals surface area contributed by atoms with Crippen LogP contribution in [0, 0.1) is 5.41 Å². The highest BCUT2D eigenvalue weighted by Crippen LogP contribution is 2.49. The highest BCUT2D eigenvalue weighted by Gasteiger charge is 2.56. The predicted molar refractivity (Wildman–Crippen MR) is 48.4 cm³/mol. The number of Topliss-reactive ketones (excluding diaryl/α,β-unsaturated/α-hetero) is 1. The molecule has 0 amide bonds. The Bertz CT molecular complexity index is 324. The van der Waals surface area contributed by atoms with Crippen LogP contribution >= 0.6 is 11.3 Å². The first-order valence-electron chi connectivity index (χ1n) is 4.18. The zero-order valence-corrected chi connectivity index (χ0v) is 8.10. The molecule has 1 aliphatic rings. The van der Waals surface area contributed by atoms with Crippen molar-refractivity contribution in [3.05, 3.63) is 16.6 Å². The van der Waals surface area contributed by atoms with Crippen molar-refractivity contribution in [3.63, 3.8) is 0 Å². The summed E-state index contributed by atoms with van der Waals surface area (Å²) in [4.78, 5) is 15.5. The first kappa shape index (κ1) is 8.81. The maximum absolute atomic E-state index is 12.8. The van der Waals surface area contributed by atoms with Crippen LogP contribution in [-0.2, 0) is 11.2 Å². The van der Waals surface area contributed by atoms with E-state index in [0.29, 0.717) is 6.42 Å². The van der Waals surface area contributed by atoms with Crippen molar-refractivity contribution in [1.29, 1.82) is 0 Å². The molecule has 2 rings (SSSR count). The summed E-state index contributed by atoms with van der Waals surface area (Å²) >= 11 is 1.44. The van der Waals surface area contributed by atoms with Crippen molar-refractivity contribution >= 4 is 17.1 Å². The van der Waals surface area contributed by atoms with Gasteiger partial charge in [-0.1, -0.05) is 0 Å². The highest BCUT2D eigenvalue weighted by atomic mass is 32.1. The Labute approximate surface area is 79.8 Å². The maximum atomic E-state index is 12.8. The lowest BCUT2D eigenvalue weighted by Gasteiger charge is -2.04. The maximum Gasteiger partial charge on any atom is 0.148 e. The summed E-state index contributed by atoms with van der Waals surface area (Å²) in [6.45, 7) is 1.69. The lowest BCUT2D eigenvalue weighted by atomic mass is 10.0. The standard InChI is InChI=1S/C9H10FNOS/c1-9(5-6(9)10)7(12)4-8-11-2-3-13-8/h2-3,6H,4-5H2,1H3. The van der Waals surface area contributed by atoms with Crippen molar-refractivity contribution in [3.8, 4) is 0 Å². The van der Waals surface area contributed by atoms with Gasteiger partial charge in [0, 0.05) is 11.6 Å². The molecular formula is C9H10FNOS. The van der Waals surface area contributed by atoms with Crippen LogP contribution in [0.2, 0.25) is 0 Å². The third-order valence-corrected chi connectivity index (χ3v) is 3.35. The van der Waals surface area contributed by atoms with Gasteiger partial charge in [-0.25, -0.2) is 9.37 Å². The SMILES string of the molecule is CC1(C(=O)Cc2nccs2)CC1F. The minimum atomic E-state index is -0.931. The second kappa shape index (κ2) is 2.87. The summed E-state index contributed by atoms with van der Waals surface area (Å²) in [5, 5.41) is 2.61. The van der Waals surface area contributed by atoms with Gasteiger partial charge in [-0.15, -0.1) is 11.3 Å². The number of hydrogen-bond acceptors (Lipinski definition) is 3. The molecule has 13 heavy (non-hydrogen) atoms. The van der Waals surface area contributed by atoms with E-state index in [1.54, 1.807) is 13.1 Å². The van der Waals surface area contributed by atoms with E-state index < -0.39 is 11.6 Å². The van der Waals surface area contributed by atoms with E-state index >= 15 is 0 Å². The summed E-state index contributed by atoms with van der Waals surface area (Å²) in [7, 11) is 0. The quantitative estimate of drug-likeness (QED) is 0.745. The molecule has 1 aromatic rings. The average Bonchev–Trinajstić information content (AvgIpc) is 2.53. The molecule has 0 saturated heterocycles. The van der Waals surface area contributed by atoms with Gasteiger partial charge in [-0.3, -0.25) is 4.79 Å². The van der Waals surface area contributed by atoms with Crippen LogP contribution in [0.15, 0.2) is 11.6 Å². The molecule has 1 fully saturated rings. The van der Waals surface area contributed by atoms with Crippen molar-refractivity contribution < 1.29 is 9.18 Å². The van der Waals surface area contributed by atoms with E-state index in [1.165, 1.54) is 11.3 Å². The van der Waals surface area contributed by atoms with Crippen molar-refractivity contribution in [2.45, 2.75) is 25.9 Å². The summed E-state index contributed by atoms with van der Waals surface area (Å²) in [6, 6.07) is 0. The Morgan fingerprint density at radius 3 is 3.08 bits per heavy atom. The van der Waals surface area contributed by atoms with Gasteiger partial charge >= 0.3 is 0 Å². The smallest absolute Gasteiger partial charge is 0.148 e. The number of rotatable bonds is 3. The Balaban J connectivity index is 2.01. The minimum Gasteiger partial charge on any atom is -0.299 e. The van der Waals surface area contributed by atoms with Crippen LogP contribution in [-0.4, -0.2) is 16.9 Å². The summed E-state index contributed by atoms with van der Waals surface area (Å²) in [5.74, 6) is -0.0186. The molecule has 70 valence electrons. The third-order valence-electron chi connectivity index (χ3n) is 2.57. The molecule has 2 unspecified atom stereocenters. The van der Waals surface area contributed by atoms with Crippen molar-refractivity contribution in [2.75, 3.05) is 0 Å². The van der Waals surface area contributed by atoms with E-state index in [9.17, 15) is 9.18 Å². The van der Waals surface area contributed by atoms with Gasteiger partial charge in [0.15, 0.2) is 0 Å². The molecule has 0 N–H and O–H groups in total. The largest absolute Gasteiger partial charge is 0.299 e. The molecule has 0 aliphatic heterocycles. The molecule has 2 atom stereocenters. The number of carbonyl (C=O) groups is 1. The minimum absolute atomic E-state index is 0.0186. The molecule has 1 heterocycles. The van der Waals surface area contributed by atoms with E-state index in [-0.39, 0.29) is 12.2 Å². The molecule has 0 bridgehead atoms. The molecule has 1 aromatic heterocycles. The Morgan fingerprint density at radius 1 is 1.92 bits per heavy atom. The molecule has 0 spiro atoms. The van der Waals surface area contributed by atoms with Crippen molar-refractivity contribution in [2.24, 2.45) is 5.41 Å². The van der Waals surface area contributed by atoms with E-state index in [0.717, 1.165) is 5.01 Å². The number of thiazole rings is 1. The van der Waals surface area contributed by atoms with Gasteiger partial charge < -0.3 is 0 Å². The fourth-order valence-corrected chi connectivity index (χ4v) is 1.90. The van der Waals surface area contributed by atoms with E-state index in [2.05, 4.69) is 4.98 Å². The van der Waals surface area contributed by atoms with Gasteiger partial charge in [0.05, 0.1) is 16.8 Å². The molecule has 1 saturated carbocycles. The summed E-state index contributed by atoms with van der Waals surface area (Å²) in [6.07, 6.45) is 1.40. The van der Waals surface area contributed by atoms with Gasteiger partial charge in [0.1, 0.15) is 12.0 Å². The number of nitrogens with zero attached hydrogens (tertiary/aromatic N) is 1. The second-order valence-electron chi connectivity index (χ2n) is 3.61. The van der Waals surface area contributed by atoms with Crippen LogP contribution in [0.3, 0.4) is 0 Å². The lowest BCUT2D eigenvalue weighted by Crippen LogP contribution is -2.17. The normalized spacial score (nSPS) is 31.7. The monoisotopic (exact) mass is 199 g/mol. The fraction of sp³-hybridized carbons (Fsp3) is 0.556. The van der Waals surface area contributed by atoms with Crippen LogP contribution in [0.1, 0.15) is 18.4 Å². The lowest BCUT2D eigenvalue weighted by molar-refractivity contribution is -0.123. The molecule has 1 aliphatic carbocycles. The number of alkyl halides is 1. The molecular weight excluding hydrogens is 189 g/mol. The first-order chi connectivity index (χ1) is 6.13. The first-order valence-corrected chi connectivity index (χ1v) is 5.06. The second-order valence-corrected chi connectivity index (χ2v) is 4.59. The molecule has 0 radical (unpaired) electrons. The zero-order valence-electron chi connectivity index (χ0n) is 7.29. The van der Waals surface area contributed by atoms with Gasteiger partial charge in [0.25, 0.3) is 0 Å². The number of ketones is 1. The number of halogens is 1. The average molecular weight is 199 g/mol. The molecule has 4 heteroatoms. The van der Waals surface area contributed by atoms with Crippen LogP contribution in [0.4, 0.5) is 4.39 Å². The van der Waals surface area contributed by atoms with Crippen LogP contribution in [0.5, 0.6) is 0 Å². The Morgan fingerprint density at radius 2 is 2.62 bits per heavy atom. The highest BCUT2D eigenvalue weighted by molar-refractivity contribution is 7.09. The fourth-order valence-electron chi connectivity index (χ4n) is 1.28. The Kier molecular flexibility index (Phi) is 1.95. The third kappa shape index (κ3) is 1.50. The van der Waals surface area contributed by atoms with E-state index in [4.69, 9.17) is 0 Å². The van der Waals surface area contributed by atoms with Crippen LogP contribution in [0.25, 0.3) is 0 Å². The van der Waals surface area contributed by atoms with Crippen molar-refractivity contribution in [1.82, 2.24) is 4.98 Å².